The Labute approximate surface area is 106 Å². The van der Waals surface area contributed by atoms with Crippen molar-refractivity contribution in [1.82, 2.24) is 15.1 Å². The number of nitrogens with zero attached hydrogens (tertiary/aromatic N) is 3. The Balaban J connectivity index is 2.29. The van der Waals surface area contributed by atoms with Crippen molar-refractivity contribution < 1.29 is 0 Å². The molecule has 0 aliphatic heterocycles. The minimum Gasteiger partial charge on any atom is -0.382 e. The van der Waals surface area contributed by atoms with E-state index in [1.54, 1.807) is 6.07 Å². The first-order valence-corrected chi connectivity index (χ1v) is 5.92. The Kier molecular flexibility index (Phi) is 5.80. The Morgan fingerprint density at radius 1 is 1.25 bits per heavy atom. The molecule has 6 heteroatoms. The molecule has 0 aliphatic rings. The van der Waals surface area contributed by atoms with Crippen molar-refractivity contribution in [2.75, 3.05) is 32.5 Å². The van der Waals surface area contributed by atoms with Crippen LogP contribution in [-0.4, -0.2) is 42.3 Å². The van der Waals surface area contributed by atoms with Crippen LogP contribution in [0.4, 0.5) is 5.69 Å². The number of halogens is 2. The van der Waals surface area contributed by atoms with Gasteiger partial charge in [-0.05, 0) is 33.5 Å². The van der Waals surface area contributed by atoms with Gasteiger partial charge in [0.05, 0.1) is 5.69 Å². The van der Waals surface area contributed by atoms with Crippen molar-refractivity contribution in [3.8, 4) is 0 Å². The third kappa shape index (κ3) is 4.96. The predicted molar refractivity (Wildman–Crippen MR) is 68.3 cm³/mol. The summed E-state index contributed by atoms with van der Waals surface area (Å²) >= 11 is 11.6. The number of hydrogen-bond acceptors (Lipinski definition) is 4. The van der Waals surface area contributed by atoms with E-state index in [1.165, 1.54) is 0 Å². The van der Waals surface area contributed by atoms with Gasteiger partial charge in [-0.15, -0.1) is 10.2 Å². The van der Waals surface area contributed by atoms with E-state index >= 15 is 0 Å². The molecule has 1 rings (SSSR count). The molecule has 90 valence electrons. The van der Waals surface area contributed by atoms with E-state index in [1.807, 2.05) is 0 Å². The summed E-state index contributed by atoms with van der Waals surface area (Å²) in [5.74, 6) is 0. The predicted octanol–water partition coefficient (Wildman–Crippen LogP) is 2.54. The van der Waals surface area contributed by atoms with E-state index in [-0.39, 0.29) is 0 Å². The molecular formula is C10H16Cl2N4. The highest BCUT2D eigenvalue weighted by atomic mass is 35.5. The van der Waals surface area contributed by atoms with Crippen LogP contribution in [0, 0.1) is 0 Å². The first-order valence-electron chi connectivity index (χ1n) is 5.17. The van der Waals surface area contributed by atoms with Crippen molar-refractivity contribution >= 4 is 28.9 Å². The van der Waals surface area contributed by atoms with Gasteiger partial charge in [0.25, 0.3) is 0 Å². The fraction of sp³-hybridized carbons (Fsp3) is 0.600. The minimum absolute atomic E-state index is 0.347. The van der Waals surface area contributed by atoms with Crippen LogP contribution in [0.15, 0.2) is 6.07 Å². The maximum absolute atomic E-state index is 5.86. The zero-order valence-corrected chi connectivity index (χ0v) is 11.0. The van der Waals surface area contributed by atoms with Gasteiger partial charge in [-0.1, -0.05) is 23.2 Å². The molecule has 4 nitrogen and oxygen atoms in total. The Hall–Kier alpha value is -0.580. The maximum Gasteiger partial charge on any atom is 0.174 e. The van der Waals surface area contributed by atoms with E-state index < -0.39 is 0 Å². The molecule has 0 bridgehead atoms. The van der Waals surface area contributed by atoms with E-state index in [2.05, 4.69) is 34.5 Å². The van der Waals surface area contributed by atoms with Crippen molar-refractivity contribution in [1.29, 1.82) is 0 Å². The number of nitrogens with one attached hydrogen (secondary N) is 1. The SMILES string of the molecule is CN(C)CCCCNc1cc(Cl)nnc1Cl. The summed E-state index contributed by atoms with van der Waals surface area (Å²) in [6.45, 7) is 1.94. The largest absolute Gasteiger partial charge is 0.382 e. The monoisotopic (exact) mass is 262 g/mol. The lowest BCUT2D eigenvalue weighted by atomic mass is 10.3. The average Bonchev–Trinajstić information content (AvgIpc) is 2.22. The summed E-state index contributed by atoms with van der Waals surface area (Å²) < 4.78 is 0. The minimum atomic E-state index is 0.347. The van der Waals surface area contributed by atoms with E-state index in [0.29, 0.717) is 10.3 Å². The molecule has 1 aromatic heterocycles. The van der Waals surface area contributed by atoms with Gasteiger partial charge in [0.2, 0.25) is 0 Å². The number of unbranched alkanes of at least 4 members (excludes halogenated alkanes) is 1. The molecule has 0 amide bonds. The van der Waals surface area contributed by atoms with Crippen molar-refractivity contribution in [2.24, 2.45) is 0 Å². The smallest absolute Gasteiger partial charge is 0.174 e. The van der Waals surface area contributed by atoms with Gasteiger partial charge in [-0.2, -0.15) is 0 Å². The van der Waals surface area contributed by atoms with Crippen LogP contribution >= 0.6 is 23.2 Å². The first kappa shape index (κ1) is 13.5. The van der Waals surface area contributed by atoms with E-state index in [9.17, 15) is 0 Å². The lowest BCUT2D eigenvalue weighted by Crippen LogP contribution is -2.14. The second-order valence-corrected chi connectivity index (χ2v) is 4.55. The summed E-state index contributed by atoms with van der Waals surface area (Å²) in [4.78, 5) is 2.16. The second-order valence-electron chi connectivity index (χ2n) is 3.81. The Bertz CT molecular complexity index is 331. The van der Waals surface area contributed by atoms with E-state index in [0.717, 1.165) is 31.6 Å². The highest BCUT2D eigenvalue weighted by Gasteiger charge is 2.02. The third-order valence-electron chi connectivity index (χ3n) is 2.07. The van der Waals surface area contributed by atoms with Crippen molar-refractivity contribution in [3.05, 3.63) is 16.4 Å². The maximum atomic E-state index is 5.86. The molecule has 0 radical (unpaired) electrons. The molecule has 0 fully saturated rings. The summed E-state index contributed by atoms with van der Waals surface area (Å²) in [5, 5.41) is 11.3. The molecular weight excluding hydrogens is 247 g/mol. The number of anilines is 1. The average molecular weight is 263 g/mol. The van der Waals surface area contributed by atoms with Gasteiger partial charge in [0.1, 0.15) is 0 Å². The standard InChI is InChI=1S/C10H16Cl2N4/c1-16(2)6-4-3-5-13-8-7-9(11)14-15-10(8)12/h7H,3-6H2,1-2H3,(H,13,14). The summed E-state index contributed by atoms with van der Waals surface area (Å²) in [7, 11) is 4.13. The zero-order chi connectivity index (χ0) is 12.0. The zero-order valence-electron chi connectivity index (χ0n) is 9.50. The second kappa shape index (κ2) is 6.89. The van der Waals surface area contributed by atoms with Gasteiger partial charge in [0.15, 0.2) is 10.3 Å². The summed E-state index contributed by atoms with van der Waals surface area (Å²) in [6, 6.07) is 1.68. The van der Waals surface area contributed by atoms with Crippen LogP contribution in [0.3, 0.4) is 0 Å². The number of hydrogen-bond donors (Lipinski definition) is 1. The van der Waals surface area contributed by atoms with Crippen LogP contribution < -0.4 is 5.32 Å². The van der Waals surface area contributed by atoms with Gasteiger partial charge in [0, 0.05) is 12.6 Å². The Morgan fingerprint density at radius 3 is 2.69 bits per heavy atom. The highest BCUT2D eigenvalue weighted by molar-refractivity contribution is 6.33. The molecule has 0 atom stereocenters. The lowest BCUT2D eigenvalue weighted by molar-refractivity contribution is 0.396. The van der Waals surface area contributed by atoms with Crippen LogP contribution in [0.2, 0.25) is 10.3 Å². The molecule has 1 N–H and O–H groups in total. The first-order chi connectivity index (χ1) is 7.59. The van der Waals surface area contributed by atoms with Crippen LogP contribution in [0.1, 0.15) is 12.8 Å². The normalized spacial score (nSPS) is 10.8. The molecule has 1 heterocycles. The number of aromatic nitrogens is 2. The summed E-state index contributed by atoms with van der Waals surface area (Å²) in [6.07, 6.45) is 2.22. The van der Waals surface area contributed by atoms with Crippen LogP contribution in [0.5, 0.6) is 0 Å². The molecule has 0 saturated heterocycles. The molecule has 16 heavy (non-hydrogen) atoms. The highest BCUT2D eigenvalue weighted by Crippen LogP contribution is 2.20. The quantitative estimate of drug-likeness (QED) is 0.801. The van der Waals surface area contributed by atoms with Crippen LogP contribution in [-0.2, 0) is 0 Å². The van der Waals surface area contributed by atoms with Gasteiger partial charge >= 0.3 is 0 Å². The van der Waals surface area contributed by atoms with E-state index in [4.69, 9.17) is 23.2 Å². The summed E-state index contributed by atoms with van der Waals surface area (Å²) in [5.41, 5.74) is 0.742. The fourth-order valence-electron chi connectivity index (χ4n) is 1.25. The fourth-order valence-corrected chi connectivity index (χ4v) is 1.56. The topological polar surface area (TPSA) is 41.0 Å². The molecule has 0 unspecified atom stereocenters. The molecule has 0 aliphatic carbocycles. The molecule has 0 saturated carbocycles. The Morgan fingerprint density at radius 2 is 2.00 bits per heavy atom. The lowest BCUT2D eigenvalue weighted by Gasteiger charge is -2.10. The van der Waals surface area contributed by atoms with Gasteiger partial charge in [-0.3, -0.25) is 0 Å². The number of rotatable bonds is 6. The van der Waals surface area contributed by atoms with Gasteiger partial charge in [-0.25, -0.2) is 0 Å². The molecule has 0 spiro atoms. The van der Waals surface area contributed by atoms with Crippen molar-refractivity contribution in [2.45, 2.75) is 12.8 Å². The van der Waals surface area contributed by atoms with Gasteiger partial charge < -0.3 is 10.2 Å². The molecule has 1 aromatic rings. The van der Waals surface area contributed by atoms with Crippen molar-refractivity contribution in [3.63, 3.8) is 0 Å². The third-order valence-corrected chi connectivity index (χ3v) is 2.53. The van der Waals surface area contributed by atoms with Crippen LogP contribution in [0.25, 0.3) is 0 Å². The molecule has 0 aromatic carbocycles.